The Balaban J connectivity index is 2.89. The number of hydrogen-bond donors (Lipinski definition) is 2. The minimum Gasteiger partial charge on any atom is -0.396 e. The molecular formula is C12H14Cl3NO2S. The first kappa shape index (κ1) is 16.9. The molecule has 1 atom stereocenters. The number of anilines is 1. The molecule has 1 aromatic carbocycles. The predicted octanol–water partition coefficient (Wildman–Crippen LogP) is 3.48. The minimum atomic E-state index is -1.59. The molecule has 2 N–H and O–H groups in total. The minimum absolute atomic E-state index is 0.123. The number of aliphatic hydroxyl groups excluding tert-OH is 1. The number of para-hydroxylation sites is 1. The average molecular weight is 343 g/mol. The van der Waals surface area contributed by atoms with E-state index in [1.807, 2.05) is 6.07 Å². The van der Waals surface area contributed by atoms with E-state index in [0.29, 0.717) is 5.69 Å². The zero-order valence-corrected chi connectivity index (χ0v) is 13.3. The number of hydrogen-bond acceptors (Lipinski definition) is 3. The Morgan fingerprint density at radius 3 is 2.37 bits per heavy atom. The Morgan fingerprint density at radius 2 is 1.89 bits per heavy atom. The summed E-state index contributed by atoms with van der Waals surface area (Å²) < 4.78 is -3.08. The van der Waals surface area contributed by atoms with Gasteiger partial charge >= 0.3 is 0 Å². The molecule has 0 aliphatic carbocycles. The molecule has 3 nitrogen and oxygen atoms in total. The van der Waals surface area contributed by atoms with Crippen molar-refractivity contribution in [2.75, 3.05) is 17.7 Å². The van der Waals surface area contributed by atoms with Crippen LogP contribution in [0.5, 0.6) is 0 Å². The van der Waals surface area contributed by atoms with Crippen LogP contribution in [0, 0.1) is 0 Å². The molecule has 1 aromatic rings. The normalized spacial score (nSPS) is 14.8. The van der Waals surface area contributed by atoms with Gasteiger partial charge in [0.25, 0.3) is 5.91 Å². The lowest BCUT2D eigenvalue weighted by Gasteiger charge is -2.33. The van der Waals surface area contributed by atoms with E-state index in [0.717, 1.165) is 11.8 Å². The standard InChI is InChI=1S/C12H14Cl3NO2S/c1-11(13,14)12(15,19-8-7-17)10(18)16-9-5-3-2-4-6-9/h2-6,17H,7-8H2,1H3,(H,16,18). The van der Waals surface area contributed by atoms with Crippen molar-refractivity contribution in [2.24, 2.45) is 0 Å². The van der Waals surface area contributed by atoms with Gasteiger partial charge in [-0.05, 0) is 19.1 Å². The Labute approximate surface area is 131 Å². The summed E-state index contributed by atoms with van der Waals surface area (Å²) in [4.78, 5) is 12.3. The van der Waals surface area contributed by atoms with Crippen molar-refractivity contribution in [3.8, 4) is 0 Å². The molecule has 0 saturated heterocycles. The molecule has 19 heavy (non-hydrogen) atoms. The summed E-state index contributed by atoms with van der Waals surface area (Å²) in [5.74, 6) is -0.271. The zero-order valence-electron chi connectivity index (χ0n) is 10.2. The number of alkyl halides is 3. The summed E-state index contributed by atoms with van der Waals surface area (Å²) in [6.07, 6.45) is 0. The highest BCUT2D eigenvalue weighted by Gasteiger charge is 2.51. The molecule has 1 rings (SSSR count). The van der Waals surface area contributed by atoms with Gasteiger partial charge in [0.15, 0.2) is 4.33 Å². The van der Waals surface area contributed by atoms with E-state index in [1.54, 1.807) is 24.3 Å². The van der Waals surface area contributed by atoms with Crippen LogP contribution in [-0.2, 0) is 4.79 Å². The van der Waals surface area contributed by atoms with Gasteiger partial charge in [0.05, 0.1) is 6.61 Å². The summed E-state index contributed by atoms with van der Waals surface area (Å²) in [5.41, 5.74) is 0.597. The first-order valence-electron chi connectivity index (χ1n) is 5.49. The van der Waals surface area contributed by atoms with Crippen molar-refractivity contribution >= 4 is 58.2 Å². The van der Waals surface area contributed by atoms with Crippen LogP contribution in [0.2, 0.25) is 0 Å². The molecular weight excluding hydrogens is 329 g/mol. The van der Waals surface area contributed by atoms with Crippen molar-refractivity contribution in [1.82, 2.24) is 0 Å². The number of halogens is 3. The molecule has 0 bridgehead atoms. The number of rotatable bonds is 6. The highest BCUT2D eigenvalue weighted by molar-refractivity contribution is 8.03. The first-order chi connectivity index (χ1) is 8.81. The van der Waals surface area contributed by atoms with Crippen LogP contribution < -0.4 is 5.32 Å². The lowest BCUT2D eigenvalue weighted by atomic mass is 10.2. The van der Waals surface area contributed by atoms with Crippen molar-refractivity contribution in [2.45, 2.75) is 15.5 Å². The maximum Gasteiger partial charge on any atom is 0.258 e. The van der Waals surface area contributed by atoms with Gasteiger partial charge in [0, 0.05) is 11.4 Å². The molecule has 0 radical (unpaired) electrons. The smallest absolute Gasteiger partial charge is 0.258 e. The van der Waals surface area contributed by atoms with Crippen LogP contribution in [-0.4, -0.2) is 31.9 Å². The van der Waals surface area contributed by atoms with E-state index in [1.165, 1.54) is 6.92 Å². The van der Waals surface area contributed by atoms with Gasteiger partial charge in [-0.15, -0.1) is 11.8 Å². The van der Waals surface area contributed by atoms with Gasteiger partial charge in [-0.1, -0.05) is 53.0 Å². The molecule has 7 heteroatoms. The molecule has 0 aliphatic heterocycles. The van der Waals surface area contributed by atoms with Crippen LogP contribution in [0.1, 0.15) is 6.92 Å². The maximum atomic E-state index is 12.3. The zero-order chi connectivity index (χ0) is 14.5. The third-order valence-corrected chi connectivity index (χ3v) is 5.52. The Morgan fingerprint density at radius 1 is 1.32 bits per heavy atom. The van der Waals surface area contributed by atoms with Gasteiger partial charge in [-0.3, -0.25) is 4.79 Å². The van der Waals surface area contributed by atoms with E-state index < -0.39 is 14.4 Å². The Hall–Kier alpha value is -0.130. The Bertz CT molecular complexity index is 425. The van der Waals surface area contributed by atoms with Gasteiger partial charge in [0.2, 0.25) is 4.21 Å². The number of carbonyl (C=O) groups excluding carboxylic acids is 1. The lowest BCUT2D eigenvalue weighted by Crippen LogP contribution is -2.47. The van der Waals surface area contributed by atoms with Gasteiger partial charge in [-0.2, -0.15) is 0 Å². The van der Waals surface area contributed by atoms with Crippen molar-refractivity contribution < 1.29 is 9.90 Å². The summed E-state index contributed by atoms with van der Waals surface area (Å²) in [6, 6.07) is 8.86. The third-order valence-electron chi connectivity index (χ3n) is 2.28. The summed E-state index contributed by atoms with van der Waals surface area (Å²) in [5, 5.41) is 11.5. The van der Waals surface area contributed by atoms with Gasteiger partial charge in [0.1, 0.15) is 0 Å². The number of carbonyl (C=O) groups is 1. The number of benzene rings is 1. The van der Waals surface area contributed by atoms with E-state index in [4.69, 9.17) is 39.9 Å². The van der Waals surface area contributed by atoms with Crippen molar-refractivity contribution in [1.29, 1.82) is 0 Å². The second-order valence-electron chi connectivity index (χ2n) is 3.88. The van der Waals surface area contributed by atoms with Crippen LogP contribution in [0.3, 0.4) is 0 Å². The SMILES string of the molecule is CC(Cl)(Cl)C(Cl)(SCCO)C(=O)Nc1ccccc1. The molecule has 0 aromatic heterocycles. The van der Waals surface area contributed by atoms with Crippen molar-refractivity contribution in [3.63, 3.8) is 0 Å². The molecule has 106 valence electrons. The fourth-order valence-electron chi connectivity index (χ4n) is 1.31. The highest BCUT2D eigenvalue weighted by atomic mass is 35.5. The van der Waals surface area contributed by atoms with E-state index >= 15 is 0 Å². The molecule has 0 heterocycles. The predicted molar refractivity (Wildman–Crippen MR) is 83.3 cm³/mol. The Kier molecular flexibility index (Phi) is 6.27. The number of amides is 1. The quantitative estimate of drug-likeness (QED) is 0.778. The van der Waals surface area contributed by atoms with Crippen LogP contribution in [0.4, 0.5) is 5.69 Å². The van der Waals surface area contributed by atoms with Crippen LogP contribution in [0.25, 0.3) is 0 Å². The summed E-state index contributed by atoms with van der Waals surface area (Å²) in [7, 11) is 0. The third kappa shape index (κ3) is 4.43. The second kappa shape index (κ2) is 7.04. The molecule has 0 spiro atoms. The average Bonchev–Trinajstić information content (AvgIpc) is 2.35. The fraction of sp³-hybridized carbons (Fsp3) is 0.417. The summed E-state index contributed by atoms with van der Waals surface area (Å²) >= 11 is 19.3. The monoisotopic (exact) mass is 341 g/mol. The summed E-state index contributed by atoms with van der Waals surface area (Å²) in [6.45, 7) is 1.32. The highest BCUT2D eigenvalue weighted by Crippen LogP contribution is 2.47. The van der Waals surface area contributed by atoms with Crippen molar-refractivity contribution in [3.05, 3.63) is 30.3 Å². The number of thioether (sulfide) groups is 1. The van der Waals surface area contributed by atoms with Crippen LogP contribution >= 0.6 is 46.6 Å². The topological polar surface area (TPSA) is 49.3 Å². The molecule has 0 aliphatic rings. The lowest BCUT2D eigenvalue weighted by molar-refractivity contribution is -0.116. The number of aliphatic hydroxyl groups is 1. The molecule has 1 unspecified atom stereocenters. The van der Waals surface area contributed by atoms with E-state index in [9.17, 15) is 4.79 Å². The largest absolute Gasteiger partial charge is 0.396 e. The molecule has 0 saturated carbocycles. The maximum absolute atomic E-state index is 12.3. The molecule has 0 fully saturated rings. The van der Waals surface area contributed by atoms with Crippen LogP contribution in [0.15, 0.2) is 30.3 Å². The van der Waals surface area contributed by atoms with E-state index in [-0.39, 0.29) is 12.4 Å². The number of nitrogens with one attached hydrogen (secondary N) is 1. The fourth-order valence-corrected chi connectivity index (χ4v) is 2.90. The van der Waals surface area contributed by atoms with Gasteiger partial charge < -0.3 is 10.4 Å². The van der Waals surface area contributed by atoms with Gasteiger partial charge in [-0.25, -0.2) is 0 Å². The second-order valence-corrected chi connectivity index (χ2v) is 7.68. The van der Waals surface area contributed by atoms with E-state index in [2.05, 4.69) is 5.32 Å². The first-order valence-corrected chi connectivity index (χ1v) is 7.61. The molecule has 1 amide bonds.